The first-order chi connectivity index (χ1) is 10.2. The molecule has 1 fully saturated rings. The van der Waals surface area contributed by atoms with Crippen LogP contribution in [0.2, 0.25) is 0 Å². The first kappa shape index (κ1) is 19.0. The first-order valence-electron chi connectivity index (χ1n) is 8.26. The van der Waals surface area contributed by atoms with Crippen LogP contribution in [0.4, 0.5) is 0 Å². The van der Waals surface area contributed by atoms with Gasteiger partial charge < -0.3 is 11.1 Å². The van der Waals surface area contributed by atoms with Crippen LogP contribution in [0.5, 0.6) is 0 Å². The highest BCUT2D eigenvalue weighted by molar-refractivity contribution is 5.85. The van der Waals surface area contributed by atoms with Gasteiger partial charge in [0.2, 0.25) is 5.91 Å². The lowest BCUT2D eigenvalue weighted by Gasteiger charge is -2.20. The van der Waals surface area contributed by atoms with Gasteiger partial charge in [-0.3, -0.25) is 4.79 Å². The van der Waals surface area contributed by atoms with E-state index in [1.165, 1.54) is 32.1 Å². The van der Waals surface area contributed by atoms with Gasteiger partial charge in [-0.2, -0.15) is 0 Å². The number of carbonyl (C=O) groups excluding carboxylic acids is 1. The number of benzene rings is 1. The Bertz CT molecular complexity index is 432. The number of hydrogen-bond donors (Lipinski definition) is 2. The van der Waals surface area contributed by atoms with Gasteiger partial charge in [0.1, 0.15) is 0 Å². The smallest absolute Gasteiger partial charge is 0.224 e. The highest BCUT2D eigenvalue weighted by atomic mass is 35.5. The Morgan fingerprint density at radius 3 is 2.55 bits per heavy atom. The molecule has 22 heavy (non-hydrogen) atoms. The maximum absolute atomic E-state index is 12.2. The number of halogens is 1. The molecule has 1 aromatic rings. The summed E-state index contributed by atoms with van der Waals surface area (Å²) in [4.78, 5) is 12.2. The van der Waals surface area contributed by atoms with Gasteiger partial charge in [-0.1, -0.05) is 62.9 Å². The van der Waals surface area contributed by atoms with E-state index in [-0.39, 0.29) is 30.3 Å². The summed E-state index contributed by atoms with van der Waals surface area (Å²) in [5.41, 5.74) is 7.20. The minimum Gasteiger partial charge on any atom is -0.356 e. The number of nitrogens with one attached hydrogen (secondary N) is 1. The Morgan fingerprint density at radius 1 is 1.27 bits per heavy atom. The fourth-order valence-electron chi connectivity index (χ4n) is 3.19. The minimum absolute atomic E-state index is 0. The van der Waals surface area contributed by atoms with Gasteiger partial charge in [0.15, 0.2) is 0 Å². The van der Waals surface area contributed by atoms with E-state index in [2.05, 4.69) is 5.32 Å². The quantitative estimate of drug-likeness (QED) is 0.749. The van der Waals surface area contributed by atoms with Crippen LogP contribution in [0.3, 0.4) is 0 Å². The average molecular weight is 325 g/mol. The Hall–Kier alpha value is -1.06. The predicted octanol–water partition coefficient (Wildman–Crippen LogP) is 3.83. The highest BCUT2D eigenvalue weighted by Gasteiger charge is 2.21. The summed E-state index contributed by atoms with van der Waals surface area (Å²) in [6.07, 6.45) is 7.87. The molecule has 124 valence electrons. The summed E-state index contributed by atoms with van der Waals surface area (Å²) in [5.74, 6) is 0.766. The molecular weight excluding hydrogens is 296 g/mol. The number of nitrogens with two attached hydrogens (primary N) is 1. The fraction of sp³-hybridized carbons (Fsp3) is 0.611. The third-order valence-corrected chi connectivity index (χ3v) is 4.70. The van der Waals surface area contributed by atoms with Crippen molar-refractivity contribution >= 4 is 18.3 Å². The average Bonchev–Trinajstić information content (AvgIpc) is 3.04. The zero-order valence-corrected chi connectivity index (χ0v) is 14.3. The third kappa shape index (κ3) is 5.62. The maximum atomic E-state index is 12.2. The standard InChI is InChI=1S/C18H28N2O.ClH/c1-14(17(19)16-11-3-2-4-12-16)18(21)20-13-7-10-15-8-5-6-9-15;/h2-4,11-12,14-15,17H,5-10,13,19H2,1H3,(H,20,21);1H. The van der Waals surface area contributed by atoms with E-state index in [4.69, 9.17) is 5.73 Å². The summed E-state index contributed by atoms with van der Waals surface area (Å²) < 4.78 is 0. The Morgan fingerprint density at radius 2 is 1.91 bits per heavy atom. The molecular formula is C18H29ClN2O. The van der Waals surface area contributed by atoms with Gasteiger partial charge >= 0.3 is 0 Å². The molecule has 2 atom stereocenters. The molecule has 1 amide bonds. The molecule has 1 aliphatic carbocycles. The molecule has 2 rings (SSSR count). The molecule has 3 N–H and O–H groups in total. The third-order valence-electron chi connectivity index (χ3n) is 4.70. The van der Waals surface area contributed by atoms with E-state index in [1.807, 2.05) is 37.3 Å². The molecule has 1 saturated carbocycles. The van der Waals surface area contributed by atoms with Crippen LogP contribution in [-0.4, -0.2) is 12.5 Å². The highest BCUT2D eigenvalue weighted by Crippen LogP contribution is 2.28. The van der Waals surface area contributed by atoms with Crippen molar-refractivity contribution in [3.63, 3.8) is 0 Å². The maximum Gasteiger partial charge on any atom is 0.224 e. The molecule has 3 nitrogen and oxygen atoms in total. The lowest BCUT2D eigenvalue weighted by atomic mass is 9.94. The van der Waals surface area contributed by atoms with E-state index < -0.39 is 0 Å². The van der Waals surface area contributed by atoms with Crippen LogP contribution >= 0.6 is 12.4 Å². The van der Waals surface area contributed by atoms with E-state index >= 15 is 0 Å². The van der Waals surface area contributed by atoms with Crippen LogP contribution in [0, 0.1) is 11.8 Å². The van der Waals surface area contributed by atoms with E-state index in [1.54, 1.807) is 0 Å². The Balaban J connectivity index is 0.00000242. The van der Waals surface area contributed by atoms with Gasteiger partial charge in [-0.25, -0.2) is 0 Å². The van der Waals surface area contributed by atoms with Crippen molar-refractivity contribution in [1.82, 2.24) is 5.32 Å². The van der Waals surface area contributed by atoms with Gasteiger partial charge in [0.25, 0.3) is 0 Å². The fourth-order valence-corrected chi connectivity index (χ4v) is 3.19. The topological polar surface area (TPSA) is 55.1 Å². The zero-order valence-electron chi connectivity index (χ0n) is 13.5. The summed E-state index contributed by atoms with van der Waals surface area (Å²) in [6.45, 7) is 2.69. The van der Waals surface area contributed by atoms with Gasteiger partial charge in [0, 0.05) is 12.6 Å². The molecule has 4 heteroatoms. The Labute approximate surface area is 140 Å². The number of rotatable bonds is 7. The molecule has 0 aromatic heterocycles. The molecule has 0 heterocycles. The van der Waals surface area contributed by atoms with Gasteiger partial charge in [0.05, 0.1) is 5.92 Å². The van der Waals surface area contributed by atoms with Crippen LogP contribution in [-0.2, 0) is 4.79 Å². The van der Waals surface area contributed by atoms with Crippen LogP contribution in [0.15, 0.2) is 30.3 Å². The summed E-state index contributed by atoms with van der Waals surface area (Å²) >= 11 is 0. The second-order valence-electron chi connectivity index (χ2n) is 6.31. The number of hydrogen-bond acceptors (Lipinski definition) is 2. The van der Waals surface area contributed by atoms with E-state index in [9.17, 15) is 4.79 Å². The van der Waals surface area contributed by atoms with Gasteiger partial charge in [-0.05, 0) is 24.3 Å². The van der Waals surface area contributed by atoms with Crippen molar-refractivity contribution in [2.24, 2.45) is 17.6 Å². The first-order valence-corrected chi connectivity index (χ1v) is 8.26. The van der Waals surface area contributed by atoms with Crippen LogP contribution in [0.1, 0.15) is 57.1 Å². The van der Waals surface area contributed by atoms with Crippen molar-refractivity contribution in [3.8, 4) is 0 Å². The summed E-state index contributed by atoms with van der Waals surface area (Å²) in [6, 6.07) is 9.61. The second kappa shape index (κ2) is 9.86. The van der Waals surface area contributed by atoms with Crippen molar-refractivity contribution < 1.29 is 4.79 Å². The molecule has 0 aliphatic heterocycles. The molecule has 1 aliphatic rings. The van der Waals surface area contributed by atoms with Crippen LogP contribution in [0.25, 0.3) is 0 Å². The largest absolute Gasteiger partial charge is 0.356 e. The van der Waals surface area contributed by atoms with Crippen molar-refractivity contribution in [2.45, 2.75) is 51.5 Å². The van der Waals surface area contributed by atoms with Crippen molar-refractivity contribution in [2.75, 3.05) is 6.54 Å². The van der Waals surface area contributed by atoms with Crippen molar-refractivity contribution in [1.29, 1.82) is 0 Å². The molecule has 0 spiro atoms. The number of amides is 1. The molecule has 0 radical (unpaired) electrons. The SMILES string of the molecule is CC(C(=O)NCCCC1CCCC1)C(N)c1ccccc1.Cl. The van der Waals surface area contributed by atoms with Crippen LogP contribution < -0.4 is 11.1 Å². The second-order valence-corrected chi connectivity index (χ2v) is 6.31. The summed E-state index contributed by atoms with van der Waals surface area (Å²) in [7, 11) is 0. The molecule has 1 aromatic carbocycles. The van der Waals surface area contributed by atoms with E-state index in [0.717, 1.165) is 24.4 Å². The zero-order chi connectivity index (χ0) is 15.1. The normalized spacial score (nSPS) is 17.5. The van der Waals surface area contributed by atoms with E-state index in [0.29, 0.717) is 0 Å². The molecule has 0 saturated heterocycles. The van der Waals surface area contributed by atoms with Crippen molar-refractivity contribution in [3.05, 3.63) is 35.9 Å². The minimum atomic E-state index is -0.235. The van der Waals surface area contributed by atoms with Gasteiger partial charge in [-0.15, -0.1) is 12.4 Å². The molecule has 0 bridgehead atoms. The summed E-state index contributed by atoms with van der Waals surface area (Å²) in [5, 5.41) is 3.04. The monoisotopic (exact) mass is 324 g/mol. The lowest BCUT2D eigenvalue weighted by Crippen LogP contribution is -2.36. The number of carbonyl (C=O) groups is 1. The Kier molecular flexibility index (Phi) is 8.51. The molecule has 2 unspecified atom stereocenters. The predicted molar refractivity (Wildman–Crippen MR) is 94.0 cm³/mol. The lowest BCUT2D eigenvalue weighted by molar-refractivity contribution is -0.125.